The van der Waals surface area contributed by atoms with Crippen molar-refractivity contribution in [2.75, 3.05) is 0 Å². The highest BCUT2D eigenvalue weighted by atomic mass is 31.2. The maximum Gasteiger partial charge on any atom is 0.159 e. The minimum absolute atomic E-state index is 0.106. The summed E-state index contributed by atoms with van der Waals surface area (Å²) in [6.07, 6.45) is 0. The predicted molar refractivity (Wildman–Crippen MR) is 78.2 cm³/mol. The predicted octanol–water partition coefficient (Wildman–Crippen LogP) is 4.26. The second kappa shape index (κ2) is 4.21. The first kappa shape index (κ1) is 13.8. The first-order chi connectivity index (χ1) is 8.23. The van der Waals surface area contributed by atoms with Crippen molar-refractivity contribution in [3.05, 3.63) is 35.9 Å². The largest absolute Gasteiger partial charge is 0.306 e. The molecule has 0 aliphatic carbocycles. The maximum absolute atomic E-state index is 13.2. The topological polar surface area (TPSA) is 29.1 Å². The molecular weight excluding hydrogens is 241 g/mol. The van der Waals surface area contributed by atoms with Crippen molar-refractivity contribution in [2.45, 2.75) is 51.5 Å². The molecule has 18 heavy (non-hydrogen) atoms. The van der Waals surface area contributed by atoms with Gasteiger partial charge in [0.2, 0.25) is 0 Å². The molecule has 0 radical (unpaired) electrons. The molecule has 1 N–H and O–H groups in total. The van der Waals surface area contributed by atoms with E-state index in [0.717, 1.165) is 0 Å². The number of hydrogen-bond acceptors (Lipinski definition) is 1. The van der Waals surface area contributed by atoms with E-state index in [1.807, 2.05) is 18.2 Å². The first-order valence-corrected chi connectivity index (χ1v) is 8.33. The highest BCUT2D eigenvalue weighted by molar-refractivity contribution is 7.66. The van der Waals surface area contributed by atoms with Crippen LogP contribution in [-0.4, -0.2) is 10.3 Å². The zero-order valence-electron chi connectivity index (χ0n) is 12.0. The molecule has 1 saturated heterocycles. The monoisotopic (exact) mass is 265 g/mol. The SMILES string of the molecule is CC1C(C)(C)P(=O)(NCc2ccccc2)C1(C)C. The molecule has 1 fully saturated rings. The Morgan fingerprint density at radius 3 is 2.11 bits per heavy atom. The molecule has 1 aromatic carbocycles. The molecule has 1 aromatic rings. The van der Waals surface area contributed by atoms with E-state index in [2.05, 4.69) is 51.8 Å². The van der Waals surface area contributed by atoms with Crippen molar-refractivity contribution >= 4 is 7.29 Å². The summed E-state index contributed by atoms with van der Waals surface area (Å²) in [6, 6.07) is 10.2. The second-order valence-corrected chi connectivity index (χ2v) is 10.3. The van der Waals surface area contributed by atoms with Crippen LogP contribution in [0.1, 0.15) is 40.2 Å². The van der Waals surface area contributed by atoms with Crippen LogP contribution in [0, 0.1) is 5.92 Å². The Morgan fingerprint density at radius 2 is 1.61 bits per heavy atom. The maximum atomic E-state index is 13.2. The molecule has 0 atom stereocenters. The van der Waals surface area contributed by atoms with Gasteiger partial charge >= 0.3 is 0 Å². The Hall–Kier alpha value is -0.590. The Balaban J connectivity index is 2.16. The van der Waals surface area contributed by atoms with Gasteiger partial charge in [-0.1, -0.05) is 65.0 Å². The van der Waals surface area contributed by atoms with Crippen molar-refractivity contribution in [2.24, 2.45) is 5.92 Å². The molecule has 3 heteroatoms. The summed E-state index contributed by atoms with van der Waals surface area (Å²) < 4.78 is 13.2. The summed E-state index contributed by atoms with van der Waals surface area (Å²) in [4.78, 5) is 0. The van der Waals surface area contributed by atoms with Crippen LogP contribution in [0.15, 0.2) is 30.3 Å². The van der Waals surface area contributed by atoms with Gasteiger partial charge in [0, 0.05) is 16.9 Å². The number of nitrogens with one attached hydrogen (secondary N) is 1. The minimum Gasteiger partial charge on any atom is -0.306 e. The minimum atomic E-state index is -2.37. The van der Waals surface area contributed by atoms with E-state index in [1.165, 1.54) is 5.56 Å². The molecule has 100 valence electrons. The van der Waals surface area contributed by atoms with Crippen LogP contribution in [0.2, 0.25) is 0 Å². The van der Waals surface area contributed by atoms with Crippen molar-refractivity contribution in [1.29, 1.82) is 0 Å². The second-order valence-electron chi connectivity index (χ2n) is 6.46. The average molecular weight is 265 g/mol. The summed E-state index contributed by atoms with van der Waals surface area (Å²) in [5.74, 6) is 0.471. The molecule has 0 amide bonds. The molecule has 1 heterocycles. The van der Waals surface area contributed by atoms with Gasteiger partial charge in [-0.05, 0) is 11.5 Å². The van der Waals surface area contributed by atoms with Crippen molar-refractivity contribution in [3.8, 4) is 0 Å². The lowest BCUT2D eigenvalue weighted by molar-refractivity contribution is 0.262. The summed E-state index contributed by atoms with van der Waals surface area (Å²) >= 11 is 0. The third-order valence-corrected chi connectivity index (χ3v) is 9.72. The Kier molecular flexibility index (Phi) is 3.24. The normalized spacial score (nSPS) is 32.8. The average Bonchev–Trinajstić information content (AvgIpc) is 2.35. The van der Waals surface area contributed by atoms with Gasteiger partial charge in [0.1, 0.15) is 0 Å². The van der Waals surface area contributed by atoms with Crippen molar-refractivity contribution in [3.63, 3.8) is 0 Å². The van der Waals surface area contributed by atoms with Crippen LogP contribution >= 0.6 is 7.29 Å². The zero-order chi connectivity index (χ0) is 13.6. The van der Waals surface area contributed by atoms with Gasteiger partial charge in [-0.25, -0.2) is 0 Å². The van der Waals surface area contributed by atoms with Crippen LogP contribution in [0.3, 0.4) is 0 Å². The summed E-state index contributed by atoms with van der Waals surface area (Å²) in [6.45, 7) is 11.4. The standard InChI is InChI=1S/C15H24NOP/c1-12-14(2,3)18(17,15(12,4)5)16-11-13-9-7-6-8-10-13/h6-10,12H,11H2,1-5H3,(H,16,17). The highest BCUT2D eigenvalue weighted by Crippen LogP contribution is 2.79. The van der Waals surface area contributed by atoms with E-state index in [0.29, 0.717) is 12.5 Å². The van der Waals surface area contributed by atoms with Gasteiger partial charge < -0.3 is 4.57 Å². The Labute approximate surface area is 111 Å². The lowest BCUT2D eigenvalue weighted by Crippen LogP contribution is -2.60. The van der Waals surface area contributed by atoms with E-state index in [4.69, 9.17) is 0 Å². The Bertz CT molecular complexity index is 459. The number of rotatable bonds is 3. The fourth-order valence-corrected chi connectivity index (χ4v) is 7.53. The fourth-order valence-electron chi connectivity index (χ4n) is 3.29. The van der Waals surface area contributed by atoms with Crippen LogP contribution in [0.25, 0.3) is 0 Å². The summed E-state index contributed by atoms with van der Waals surface area (Å²) in [7, 11) is -2.37. The summed E-state index contributed by atoms with van der Waals surface area (Å²) in [5, 5.41) is 3.17. The molecule has 0 saturated carbocycles. The number of benzene rings is 1. The number of hydrogen-bond donors (Lipinski definition) is 1. The lowest BCUT2D eigenvalue weighted by Gasteiger charge is -2.62. The van der Waals surface area contributed by atoms with Gasteiger partial charge in [0.25, 0.3) is 0 Å². The molecule has 0 bridgehead atoms. The third kappa shape index (κ3) is 1.70. The van der Waals surface area contributed by atoms with E-state index in [9.17, 15) is 4.57 Å². The van der Waals surface area contributed by atoms with Gasteiger partial charge in [0.05, 0.1) is 0 Å². The molecule has 0 aromatic heterocycles. The summed E-state index contributed by atoms with van der Waals surface area (Å²) in [5.41, 5.74) is 1.19. The van der Waals surface area contributed by atoms with Crippen LogP contribution in [0.5, 0.6) is 0 Å². The molecule has 1 aliphatic rings. The molecule has 2 nitrogen and oxygen atoms in total. The third-order valence-electron chi connectivity index (χ3n) is 5.09. The molecule has 1 aliphatic heterocycles. The van der Waals surface area contributed by atoms with Crippen molar-refractivity contribution in [1.82, 2.24) is 5.09 Å². The molecule has 0 unspecified atom stereocenters. The Morgan fingerprint density at radius 1 is 1.11 bits per heavy atom. The van der Waals surface area contributed by atoms with Crippen LogP contribution in [-0.2, 0) is 11.1 Å². The lowest BCUT2D eigenvalue weighted by atomic mass is 9.83. The van der Waals surface area contributed by atoms with Gasteiger partial charge in [-0.2, -0.15) is 0 Å². The van der Waals surface area contributed by atoms with Gasteiger partial charge in [-0.3, -0.25) is 5.09 Å². The van der Waals surface area contributed by atoms with Crippen LogP contribution < -0.4 is 5.09 Å². The van der Waals surface area contributed by atoms with Crippen LogP contribution in [0.4, 0.5) is 0 Å². The molecule has 2 rings (SSSR count). The quantitative estimate of drug-likeness (QED) is 0.827. The molecule has 0 spiro atoms. The first-order valence-electron chi connectivity index (χ1n) is 6.63. The van der Waals surface area contributed by atoms with Gasteiger partial charge in [0.15, 0.2) is 7.29 Å². The molecular formula is C15H24NOP. The van der Waals surface area contributed by atoms with Crippen molar-refractivity contribution < 1.29 is 4.57 Å². The van der Waals surface area contributed by atoms with Gasteiger partial charge in [-0.15, -0.1) is 0 Å². The van der Waals surface area contributed by atoms with E-state index in [1.54, 1.807) is 0 Å². The zero-order valence-corrected chi connectivity index (χ0v) is 12.9. The fraction of sp³-hybridized carbons (Fsp3) is 0.600. The van der Waals surface area contributed by atoms with E-state index < -0.39 is 7.29 Å². The highest BCUT2D eigenvalue weighted by Gasteiger charge is 2.67. The van der Waals surface area contributed by atoms with E-state index in [-0.39, 0.29) is 10.3 Å². The van der Waals surface area contributed by atoms with E-state index >= 15 is 0 Å². The smallest absolute Gasteiger partial charge is 0.159 e.